The molecule has 206 valence electrons. The zero-order valence-electron chi connectivity index (χ0n) is 20.1. The Labute approximate surface area is 211 Å². The molecule has 13 N–H and O–H groups in total. The monoisotopic (exact) mass is 527 g/mol. The molecular weight excluding hydrogens is 494 g/mol. The van der Waals surface area contributed by atoms with Crippen molar-refractivity contribution in [1.82, 2.24) is 25.9 Å². The highest BCUT2D eigenvalue weighted by atomic mass is 16.4. The lowest BCUT2D eigenvalue weighted by atomic mass is 10.1. The van der Waals surface area contributed by atoms with Gasteiger partial charge in [-0.3, -0.25) is 24.2 Å². The summed E-state index contributed by atoms with van der Waals surface area (Å²) in [4.78, 5) is 71.1. The number of carboxylic acids is 2. The van der Waals surface area contributed by atoms with Crippen molar-refractivity contribution in [2.75, 3.05) is 6.54 Å². The number of aliphatic hydroxyl groups excluding tert-OH is 1. The average Bonchev–Trinajstić information content (AvgIpc) is 3.31. The van der Waals surface area contributed by atoms with E-state index in [1.165, 1.54) is 12.5 Å². The maximum atomic E-state index is 12.9. The van der Waals surface area contributed by atoms with Crippen molar-refractivity contribution >= 4 is 35.6 Å². The number of hydrogen-bond acceptors (Lipinski definition) is 9. The molecule has 5 atom stereocenters. The molecule has 17 nitrogen and oxygen atoms in total. The van der Waals surface area contributed by atoms with E-state index < -0.39 is 66.4 Å². The highest BCUT2D eigenvalue weighted by Crippen LogP contribution is 2.04. The molecule has 5 unspecified atom stereocenters. The van der Waals surface area contributed by atoms with Crippen molar-refractivity contribution < 1.29 is 39.3 Å². The minimum absolute atomic E-state index is 0.130. The van der Waals surface area contributed by atoms with Gasteiger partial charge < -0.3 is 53.5 Å². The Kier molecular flexibility index (Phi) is 12.5. The number of amides is 3. The standard InChI is InChI=1S/C20H33N9O8/c1-9(30)15(19(36)37)29-18(35)12(5-10-7-24-8-26-10)28-17(34)13(6-14(31)32)27-16(33)11(21)3-2-4-25-20(22)23/h7-9,11-13,15,30H,2-6,21H2,1H3,(H,24,26)(H,27,33)(H,28,34)(H,29,35)(H,31,32)(H,36,37)(H4,22,23,25). The fraction of sp³-hybridized carbons (Fsp3) is 0.550. The Morgan fingerprint density at radius 2 is 1.68 bits per heavy atom. The molecule has 0 spiro atoms. The fourth-order valence-electron chi connectivity index (χ4n) is 3.05. The number of aliphatic carboxylic acids is 2. The quantitative estimate of drug-likeness (QED) is 0.0555. The molecule has 1 rings (SSSR count). The van der Waals surface area contributed by atoms with Gasteiger partial charge in [-0.15, -0.1) is 0 Å². The van der Waals surface area contributed by atoms with Gasteiger partial charge in [0, 0.05) is 24.9 Å². The van der Waals surface area contributed by atoms with E-state index in [4.69, 9.17) is 17.2 Å². The van der Waals surface area contributed by atoms with E-state index in [-0.39, 0.29) is 25.3 Å². The van der Waals surface area contributed by atoms with Crippen LogP contribution in [0, 0.1) is 0 Å². The van der Waals surface area contributed by atoms with Crippen molar-refractivity contribution in [3.8, 4) is 0 Å². The molecule has 0 radical (unpaired) electrons. The molecule has 17 heteroatoms. The van der Waals surface area contributed by atoms with Crippen LogP contribution in [0.4, 0.5) is 0 Å². The van der Waals surface area contributed by atoms with Gasteiger partial charge >= 0.3 is 11.9 Å². The van der Waals surface area contributed by atoms with Gasteiger partial charge in [-0.2, -0.15) is 0 Å². The van der Waals surface area contributed by atoms with Crippen LogP contribution < -0.4 is 33.2 Å². The summed E-state index contributed by atoms with van der Waals surface area (Å²) in [5.74, 6) is -5.90. The topological polar surface area (TPSA) is 301 Å². The first kappa shape index (κ1) is 30.8. The molecule has 0 bridgehead atoms. The summed E-state index contributed by atoms with van der Waals surface area (Å²) in [5.41, 5.74) is 16.6. The number of carbonyl (C=O) groups is 5. The van der Waals surface area contributed by atoms with Crippen molar-refractivity contribution in [3.05, 3.63) is 18.2 Å². The predicted molar refractivity (Wildman–Crippen MR) is 128 cm³/mol. The van der Waals surface area contributed by atoms with Crippen LogP contribution >= 0.6 is 0 Å². The zero-order valence-corrected chi connectivity index (χ0v) is 20.1. The van der Waals surface area contributed by atoms with Crippen LogP contribution in [0.5, 0.6) is 0 Å². The summed E-state index contributed by atoms with van der Waals surface area (Å²) in [6.45, 7) is 1.36. The number of aromatic nitrogens is 2. The van der Waals surface area contributed by atoms with E-state index in [2.05, 4.69) is 30.9 Å². The molecule has 1 aromatic heterocycles. The van der Waals surface area contributed by atoms with Crippen LogP contribution in [0.25, 0.3) is 0 Å². The lowest BCUT2D eigenvalue weighted by Gasteiger charge is -2.25. The van der Waals surface area contributed by atoms with Crippen LogP contribution in [0.15, 0.2) is 17.5 Å². The number of nitrogens with one attached hydrogen (secondary N) is 4. The highest BCUT2D eigenvalue weighted by Gasteiger charge is 2.33. The number of imidazole rings is 1. The normalized spacial score (nSPS) is 14.8. The number of aliphatic hydroxyl groups is 1. The van der Waals surface area contributed by atoms with Gasteiger partial charge in [0.15, 0.2) is 12.0 Å². The smallest absolute Gasteiger partial charge is 0.328 e. The van der Waals surface area contributed by atoms with Crippen molar-refractivity contribution in [2.24, 2.45) is 22.2 Å². The Balaban J connectivity index is 2.99. The van der Waals surface area contributed by atoms with Crippen LogP contribution in [0.2, 0.25) is 0 Å². The maximum absolute atomic E-state index is 12.9. The fourth-order valence-corrected chi connectivity index (χ4v) is 3.05. The van der Waals surface area contributed by atoms with Crippen molar-refractivity contribution in [2.45, 2.75) is 62.9 Å². The molecule has 0 saturated carbocycles. The van der Waals surface area contributed by atoms with E-state index in [0.29, 0.717) is 12.1 Å². The van der Waals surface area contributed by atoms with E-state index in [9.17, 15) is 39.3 Å². The van der Waals surface area contributed by atoms with Gasteiger partial charge in [0.1, 0.15) is 12.1 Å². The average molecular weight is 528 g/mol. The van der Waals surface area contributed by atoms with Gasteiger partial charge in [0.25, 0.3) is 0 Å². The molecule has 37 heavy (non-hydrogen) atoms. The van der Waals surface area contributed by atoms with E-state index in [1.54, 1.807) is 0 Å². The van der Waals surface area contributed by atoms with Crippen LogP contribution in [0.3, 0.4) is 0 Å². The van der Waals surface area contributed by atoms with Crippen LogP contribution in [0.1, 0.15) is 31.9 Å². The molecule has 1 aromatic rings. The second-order valence-electron chi connectivity index (χ2n) is 8.12. The summed E-state index contributed by atoms with van der Waals surface area (Å²) in [5, 5.41) is 34.8. The molecule has 0 fully saturated rings. The number of aliphatic imine (C=N–C) groups is 1. The zero-order chi connectivity index (χ0) is 28.1. The number of aromatic amines is 1. The van der Waals surface area contributed by atoms with Gasteiger partial charge in [-0.1, -0.05) is 0 Å². The lowest BCUT2D eigenvalue weighted by molar-refractivity contribution is -0.145. The Hall–Kier alpha value is -4.25. The second-order valence-corrected chi connectivity index (χ2v) is 8.12. The highest BCUT2D eigenvalue weighted by molar-refractivity contribution is 5.95. The SMILES string of the molecule is CC(O)C(NC(=O)C(Cc1cnc[nH]1)NC(=O)C(CC(=O)O)NC(=O)C(N)CCCN=C(N)N)C(=O)O. The number of guanidine groups is 1. The number of carboxylic acid groups (broad SMARTS) is 2. The third kappa shape index (κ3) is 11.4. The number of rotatable bonds is 16. The third-order valence-electron chi connectivity index (χ3n) is 4.97. The Morgan fingerprint density at radius 1 is 1.05 bits per heavy atom. The second kappa shape index (κ2) is 15.0. The molecule has 0 aliphatic heterocycles. The minimum atomic E-state index is -1.68. The number of nitrogens with zero attached hydrogens (tertiary/aromatic N) is 2. The summed E-state index contributed by atoms with van der Waals surface area (Å²) in [7, 11) is 0. The number of carbonyl (C=O) groups excluding carboxylic acids is 3. The summed E-state index contributed by atoms with van der Waals surface area (Å²) < 4.78 is 0. The first-order chi connectivity index (χ1) is 17.3. The van der Waals surface area contributed by atoms with Gasteiger partial charge in [-0.05, 0) is 19.8 Å². The van der Waals surface area contributed by atoms with Gasteiger partial charge in [0.05, 0.1) is 24.9 Å². The largest absolute Gasteiger partial charge is 0.481 e. The summed E-state index contributed by atoms with van der Waals surface area (Å²) in [6.07, 6.45) is 0.646. The molecule has 3 amide bonds. The Morgan fingerprint density at radius 3 is 2.19 bits per heavy atom. The molecule has 1 heterocycles. The van der Waals surface area contributed by atoms with E-state index in [1.807, 2.05) is 0 Å². The van der Waals surface area contributed by atoms with Gasteiger partial charge in [-0.25, -0.2) is 9.78 Å². The van der Waals surface area contributed by atoms with Gasteiger partial charge in [0.2, 0.25) is 17.7 Å². The van der Waals surface area contributed by atoms with Crippen molar-refractivity contribution in [1.29, 1.82) is 0 Å². The number of H-pyrrole nitrogens is 1. The molecule has 0 aliphatic rings. The minimum Gasteiger partial charge on any atom is -0.481 e. The summed E-state index contributed by atoms with van der Waals surface area (Å²) in [6, 6.07) is -5.82. The lowest BCUT2D eigenvalue weighted by Crippen LogP contribution is -2.59. The van der Waals surface area contributed by atoms with Crippen LogP contribution in [-0.4, -0.2) is 97.7 Å². The predicted octanol–water partition coefficient (Wildman–Crippen LogP) is -4.27. The maximum Gasteiger partial charge on any atom is 0.328 e. The molecule has 0 aliphatic carbocycles. The van der Waals surface area contributed by atoms with E-state index >= 15 is 0 Å². The third-order valence-corrected chi connectivity index (χ3v) is 4.97. The van der Waals surface area contributed by atoms with Crippen molar-refractivity contribution in [3.63, 3.8) is 0 Å². The Bertz CT molecular complexity index is 963. The summed E-state index contributed by atoms with van der Waals surface area (Å²) >= 11 is 0. The van der Waals surface area contributed by atoms with E-state index in [0.717, 1.165) is 6.92 Å². The molecule has 0 saturated heterocycles. The first-order valence-electron chi connectivity index (χ1n) is 11.1. The first-order valence-corrected chi connectivity index (χ1v) is 11.1. The molecule has 0 aromatic carbocycles. The van der Waals surface area contributed by atoms with Crippen LogP contribution in [-0.2, 0) is 30.4 Å². The number of nitrogens with two attached hydrogens (primary N) is 3. The molecular formula is C20H33N9O8. The number of hydrogen-bond donors (Lipinski definition) is 10.